The molecule has 3 heterocycles. The van der Waals surface area contributed by atoms with Crippen molar-refractivity contribution in [3.63, 3.8) is 0 Å². The van der Waals surface area contributed by atoms with Gasteiger partial charge in [-0.05, 0) is 26.7 Å². The molecule has 1 saturated carbocycles. The lowest BCUT2D eigenvalue weighted by Crippen LogP contribution is -2.63. The number of nitrogens with one attached hydrogen (secondary N) is 1. The number of hydrogen-bond donors (Lipinski definition) is 1. The van der Waals surface area contributed by atoms with Crippen LogP contribution in [0.3, 0.4) is 0 Å². The molecule has 2 fully saturated rings. The molecule has 8 heteroatoms. The summed E-state index contributed by atoms with van der Waals surface area (Å²) in [4.78, 5) is 24.7. The van der Waals surface area contributed by atoms with Gasteiger partial charge in [0.2, 0.25) is 0 Å². The van der Waals surface area contributed by atoms with Gasteiger partial charge in [-0.1, -0.05) is 12.8 Å². The van der Waals surface area contributed by atoms with E-state index in [2.05, 4.69) is 25.6 Å². The fourth-order valence-corrected chi connectivity index (χ4v) is 5.72. The minimum absolute atomic E-state index is 0.0162. The van der Waals surface area contributed by atoms with Gasteiger partial charge in [-0.2, -0.15) is 0 Å². The Labute approximate surface area is 168 Å². The van der Waals surface area contributed by atoms with Crippen molar-refractivity contribution in [2.45, 2.75) is 57.7 Å². The maximum atomic E-state index is 12.8. The molecule has 1 amide bonds. The van der Waals surface area contributed by atoms with Crippen LogP contribution in [-0.4, -0.2) is 52.1 Å². The Morgan fingerprint density at radius 1 is 1.41 bits per heavy atom. The highest BCUT2D eigenvalue weighted by molar-refractivity contribution is 7.11. The Morgan fingerprint density at radius 2 is 2.30 bits per heavy atom. The third kappa shape index (κ3) is 4.08. The van der Waals surface area contributed by atoms with Gasteiger partial charge < -0.3 is 10.1 Å². The molecular formula is C19H26N4O2S2. The first-order chi connectivity index (χ1) is 13.1. The average molecular weight is 407 g/mol. The molecule has 2 aromatic heterocycles. The molecule has 27 heavy (non-hydrogen) atoms. The lowest BCUT2D eigenvalue weighted by molar-refractivity contribution is -0.143. The van der Waals surface area contributed by atoms with Crippen LogP contribution in [-0.2, 0) is 11.3 Å². The summed E-state index contributed by atoms with van der Waals surface area (Å²) >= 11 is 3.13. The second kappa shape index (κ2) is 7.95. The van der Waals surface area contributed by atoms with E-state index in [1.807, 2.05) is 13.8 Å². The highest BCUT2D eigenvalue weighted by Gasteiger charge is 2.46. The molecular weight excluding hydrogens is 380 g/mol. The number of ether oxygens (including phenoxy) is 1. The molecule has 1 spiro atoms. The first-order valence-corrected chi connectivity index (χ1v) is 11.3. The minimum atomic E-state index is -0.295. The molecule has 146 valence electrons. The monoisotopic (exact) mass is 406 g/mol. The van der Waals surface area contributed by atoms with Crippen LogP contribution >= 0.6 is 22.7 Å². The van der Waals surface area contributed by atoms with E-state index in [4.69, 9.17) is 4.74 Å². The maximum Gasteiger partial charge on any atom is 0.263 e. The molecule has 0 aromatic carbocycles. The summed E-state index contributed by atoms with van der Waals surface area (Å²) in [7, 11) is 0. The smallest absolute Gasteiger partial charge is 0.263 e. The van der Waals surface area contributed by atoms with Gasteiger partial charge >= 0.3 is 0 Å². The molecule has 4 rings (SSSR count). The molecule has 1 aliphatic carbocycles. The summed E-state index contributed by atoms with van der Waals surface area (Å²) in [6, 6.07) is 0.0427. The number of aromatic nitrogens is 2. The van der Waals surface area contributed by atoms with Crippen molar-refractivity contribution in [2.24, 2.45) is 0 Å². The van der Waals surface area contributed by atoms with Gasteiger partial charge in [0.25, 0.3) is 5.91 Å². The number of carbonyl (C=O) groups excluding carboxylic acids is 1. The molecule has 0 radical (unpaired) electrons. The van der Waals surface area contributed by atoms with Gasteiger partial charge in [0.15, 0.2) is 0 Å². The number of carbonyl (C=O) groups is 1. The summed E-state index contributed by atoms with van der Waals surface area (Å²) < 4.78 is 6.36. The van der Waals surface area contributed by atoms with Crippen molar-refractivity contribution >= 4 is 28.6 Å². The quantitative estimate of drug-likeness (QED) is 0.845. The highest BCUT2D eigenvalue weighted by Crippen LogP contribution is 2.36. The maximum absolute atomic E-state index is 12.8. The van der Waals surface area contributed by atoms with Crippen molar-refractivity contribution in [1.82, 2.24) is 20.2 Å². The number of morpholine rings is 1. The van der Waals surface area contributed by atoms with Crippen molar-refractivity contribution in [2.75, 3.05) is 19.7 Å². The Hall–Kier alpha value is -1.35. The summed E-state index contributed by atoms with van der Waals surface area (Å²) in [6.45, 7) is 7.24. The van der Waals surface area contributed by atoms with Crippen LogP contribution in [0.15, 0.2) is 10.9 Å². The van der Waals surface area contributed by atoms with Crippen LogP contribution in [0.5, 0.6) is 0 Å². The minimum Gasteiger partial charge on any atom is -0.370 e. The standard InChI is InChI=1S/C19H26N4O2S2/c1-13-10-26-16(21-13)9-23-7-8-25-19(11-23)6-4-3-5-15(19)22-18(24)17-14(2)20-12-27-17/h10,12,15H,3-9,11H2,1-2H3,(H,22,24)/t15-,19-/m1/s1. The lowest BCUT2D eigenvalue weighted by atomic mass is 9.78. The van der Waals surface area contributed by atoms with Crippen molar-refractivity contribution < 1.29 is 9.53 Å². The zero-order chi connectivity index (χ0) is 18.9. The van der Waals surface area contributed by atoms with Crippen LogP contribution in [0, 0.1) is 13.8 Å². The Kier molecular flexibility index (Phi) is 5.59. The largest absolute Gasteiger partial charge is 0.370 e. The number of thiazole rings is 2. The zero-order valence-electron chi connectivity index (χ0n) is 15.9. The predicted octanol–water partition coefficient (Wildman–Crippen LogP) is 3.16. The molecule has 2 aromatic rings. The number of nitrogens with zero attached hydrogens (tertiary/aromatic N) is 3. The fourth-order valence-electron chi connectivity index (χ4n) is 4.20. The number of rotatable bonds is 4. The number of aryl methyl sites for hydroxylation is 2. The molecule has 2 atom stereocenters. The van der Waals surface area contributed by atoms with Crippen LogP contribution in [0.4, 0.5) is 0 Å². The molecule has 0 bridgehead atoms. The first kappa shape index (κ1) is 19.0. The van der Waals surface area contributed by atoms with Crippen molar-refractivity contribution in [1.29, 1.82) is 0 Å². The highest BCUT2D eigenvalue weighted by atomic mass is 32.1. The van der Waals surface area contributed by atoms with E-state index in [0.717, 1.165) is 61.7 Å². The third-order valence-electron chi connectivity index (χ3n) is 5.55. The second-order valence-electron chi connectivity index (χ2n) is 7.55. The van der Waals surface area contributed by atoms with Crippen LogP contribution in [0.2, 0.25) is 0 Å². The van der Waals surface area contributed by atoms with E-state index in [1.54, 1.807) is 16.8 Å². The number of hydrogen-bond acceptors (Lipinski definition) is 7. The summed E-state index contributed by atoms with van der Waals surface area (Å²) in [5.41, 5.74) is 3.32. The molecule has 1 saturated heterocycles. The van der Waals surface area contributed by atoms with Gasteiger partial charge in [0, 0.05) is 24.2 Å². The molecule has 6 nitrogen and oxygen atoms in total. The van der Waals surface area contributed by atoms with Gasteiger partial charge in [-0.3, -0.25) is 9.69 Å². The SMILES string of the molecule is Cc1csc(CN2CCO[C@]3(CCCC[C@H]3NC(=O)c3scnc3C)C2)n1. The van der Waals surface area contributed by atoms with E-state index in [0.29, 0.717) is 11.5 Å². The average Bonchev–Trinajstić information content (AvgIpc) is 3.25. The molecule has 2 aliphatic rings. The van der Waals surface area contributed by atoms with E-state index in [1.165, 1.54) is 11.3 Å². The number of amides is 1. The van der Waals surface area contributed by atoms with E-state index in [9.17, 15) is 4.79 Å². The molecule has 1 N–H and O–H groups in total. The first-order valence-electron chi connectivity index (χ1n) is 9.54. The summed E-state index contributed by atoms with van der Waals surface area (Å²) in [6.07, 6.45) is 4.24. The predicted molar refractivity (Wildman–Crippen MR) is 107 cm³/mol. The van der Waals surface area contributed by atoms with Crippen molar-refractivity contribution in [3.8, 4) is 0 Å². The Balaban J connectivity index is 1.48. The van der Waals surface area contributed by atoms with Crippen LogP contribution in [0.25, 0.3) is 0 Å². The third-order valence-corrected chi connectivity index (χ3v) is 7.43. The molecule has 1 aliphatic heterocycles. The van der Waals surface area contributed by atoms with E-state index >= 15 is 0 Å². The normalized spacial score (nSPS) is 26.4. The zero-order valence-corrected chi connectivity index (χ0v) is 17.5. The van der Waals surface area contributed by atoms with E-state index < -0.39 is 0 Å². The van der Waals surface area contributed by atoms with Gasteiger partial charge in [-0.15, -0.1) is 22.7 Å². The fraction of sp³-hybridized carbons (Fsp3) is 0.632. The second-order valence-corrected chi connectivity index (χ2v) is 9.34. The molecule has 0 unspecified atom stereocenters. The summed E-state index contributed by atoms with van der Waals surface area (Å²) in [5, 5.41) is 6.54. The summed E-state index contributed by atoms with van der Waals surface area (Å²) in [5.74, 6) is -0.0162. The van der Waals surface area contributed by atoms with E-state index in [-0.39, 0.29) is 17.6 Å². The van der Waals surface area contributed by atoms with Gasteiger partial charge in [0.05, 0.1) is 30.4 Å². The van der Waals surface area contributed by atoms with Gasteiger partial charge in [0.1, 0.15) is 15.5 Å². The van der Waals surface area contributed by atoms with Crippen molar-refractivity contribution in [3.05, 3.63) is 32.2 Å². The van der Waals surface area contributed by atoms with Crippen LogP contribution < -0.4 is 5.32 Å². The Morgan fingerprint density at radius 3 is 3.04 bits per heavy atom. The topological polar surface area (TPSA) is 67.3 Å². The van der Waals surface area contributed by atoms with Crippen LogP contribution in [0.1, 0.15) is 51.8 Å². The Bertz CT molecular complexity index is 801. The van der Waals surface area contributed by atoms with Gasteiger partial charge in [-0.25, -0.2) is 9.97 Å². The lowest BCUT2D eigenvalue weighted by Gasteiger charge is -2.49.